The Bertz CT molecular complexity index is 462. The fraction of sp³-hybridized carbons (Fsp3) is 0.647. The Morgan fingerprint density at radius 3 is 2.71 bits per heavy atom. The summed E-state index contributed by atoms with van der Waals surface area (Å²) in [5, 5.41) is 0. The molecule has 1 aromatic carbocycles. The molecule has 0 radical (unpaired) electrons. The van der Waals surface area contributed by atoms with Crippen molar-refractivity contribution in [2.45, 2.75) is 32.4 Å². The molecular weight excluding hydrogens is 264 g/mol. The minimum Gasteiger partial charge on any atom is -0.497 e. The molecule has 2 rings (SSSR count). The number of ether oxygens (including phenoxy) is 2. The van der Waals surface area contributed by atoms with Crippen molar-refractivity contribution in [1.82, 2.24) is 4.90 Å². The highest BCUT2D eigenvalue weighted by molar-refractivity contribution is 5.42. The number of nitrogens with zero attached hydrogens (tertiary/aromatic N) is 1. The van der Waals surface area contributed by atoms with Crippen molar-refractivity contribution in [3.8, 4) is 5.75 Å². The smallest absolute Gasteiger partial charge is 0.119 e. The number of rotatable bonds is 7. The third-order valence-electron chi connectivity index (χ3n) is 4.21. The molecule has 118 valence electrons. The van der Waals surface area contributed by atoms with Gasteiger partial charge in [0.25, 0.3) is 0 Å². The van der Waals surface area contributed by atoms with Gasteiger partial charge < -0.3 is 15.2 Å². The van der Waals surface area contributed by atoms with Crippen LogP contribution in [0.3, 0.4) is 0 Å². The van der Waals surface area contributed by atoms with Gasteiger partial charge in [0.05, 0.1) is 13.7 Å². The Labute approximate surface area is 128 Å². The van der Waals surface area contributed by atoms with E-state index < -0.39 is 0 Å². The summed E-state index contributed by atoms with van der Waals surface area (Å²) in [5.74, 6) is 1.50. The van der Waals surface area contributed by atoms with Crippen LogP contribution in [0.5, 0.6) is 5.75 Å². The molecule has 0 saturated heterocycles. The van der Waals surface area contributed by atoms with Crippen LogP contribution < -0.4 is 10.5 Å². The Balaban J connectivity index is 2.16. The molecule has 4 heteroatoms. The van der Waals surface area contributed by atoms with E-state index in [0.29, 0.717) is 12.0 Å². The second kappa shape index (κ2) is 7.25. The molecule has 2 atom stereocenters. The lowest BCUT2D eigenvalue weighted by Gasteiger charge is -2.33. The quantitative estimate of drug-likeness (QED) is 0.837. The number of fused-ring (bicyclic) bond motifs is 1. The summed E-state index contributed by atoms with van der Waals surface area (Å²) in [4.78, 5) is 2.48. The van der Waals surface area contributed by atoms with Gasteiger partial charge in [-0.15, -0.1) is 0 Å². The maximum absolute atomic E-state index is 6.52. The normalized spacial score (nSPS) is 21.1. The van der Waals surface area contributed by atoms with E-state index in [1.54, 1.807) is 14.2 Å². The van der Waals surface area contributed by atoms with Crippen LogP contribution in [0.1, 0.15) is 31.0 Å². The monoisotopic (exact) mass is 292 g/mol. The Hall–Kier alpha value is -1.10. The molecule has 0 aromatic heterocycles. The molecule has 2 unspecified atom stereocenters. The van der Waals surface area contributed by atoms with Crippen molar-refractivity contribution in [1.29, 1.82) is 0 Å². The maximum Gasteiger partial charge on any atom is 0.119 e. The van der Waals surface area contributed by atoms with Gasteiger partial charge in [-0.3, -0.25) is 4.90 Å². The van der Waals surface area contributed by atoms with Crippen molar-refractivity contribution >= 4 is 0 Å². The summed E-state index contributed by atoms with van der Waals surface area (Å²) in [6.45, 7) is 7.22. The van der Waals surface area contributed by atoms with E-state index in [4.69, 9.17) is 15.2 Å². The summed E-state index contributed by atoms with van der Waals surface area (Å²) >= 11 is 0. The van der Waals surface area contributed by atoms with Gasteiger partial charge in [-0.25, -0.2) is 0 Å². The Kier molecular flexibility index (Phi) is 5.62. The zero-order valence-corrected chi connectivity index (χ0v) is 13.6. The number of hydrogen-bond acceptors (Lipinski definition) is 4. The molecule has 21 heavy (non-hydrogen) atoms. The van der Waals surface area contributed by atoms with E-state index in [-0.39, 0.29) is 6.04 Å². The molecule has 0 bridgehead atoms. The minimum atomic E-state index is 0.0470. The van der Waals surface area contributed by atoms with Crippen molar-refractivity contribution in [2.75, 3.05) is 33.9 Å². The average Bonchev–Trinajstić information content (AvgIpc) is 2.79. The van der Waals surface area contributed by atoms with Crippen molar-refractivity contribution in [3.63, 3.8) is 0 Å². The lowest BCUT2D eigenvalue weighted by molar-refractivity contribution is 0.103. The van der Waals surface area contributed by atoms with Gasteiger partial charge in [0.2, 0.25) is 0 Å². The molecule has 2 N–H and O–H groups in total. The first-order valence-electron chi connectivity index (χ1n) is 7.72. The predicted molar refractivity (Wildman–Crippen MR) is 85.7 cm³/mol. The number of methoxy groups -OCH3 is 2. The van der Waals surface area contributed by atoms with Crippen LogP contribution >= 0.6 is 0 Å². The highest BCUT2D eigenvalue weighted by Gasteiger charge is 2.34. The van der Waals surface area contributed by atoms with E-state index in [2.05, 4.69) is 30.9 Å². The van der Waals surface area contributed by atoms with Gasteiger partial charge in [-0.2, -0.15) is 0 Å². The molecule has 1 aliphatic rings. The van der Waals surface area contributed by atoms with Crippen LogP contribution in [-0.4, -0.2) is 44.9 Å². The second-order valence-electron chi connectivity index (χ2n) is 6.24. The fourth-order valence-electron chi connectivity index (χ4n) is 3.18. The SMILES string of the molecule is COCCN(CC(C)C)C1Cc2ccc(OC)cc2C1N. The lowest BCUT2D eigenvalue weighted by Crippen LogP contribution is -2.44. The van der Waals surface area contributed by atoms with E-state index in [9.17, 15) is 0 Å². The fourth-order valence-corrected chi connectivity index (χ4v) is 3.18. The standard InChI is InChI=1S/C17H28N2O2/c1-12(2)11-19(7-8-20-3)16-9-13-5-6-14(21-4)10-15(13)17(16)18/h5-6,10,12,16-17H,7-9,11,18H2,1-4H3. The van der Waals surface area contributed by atoms with E-state index in [0.717, 1.165) is 31.9 Å². The van der Waals surface area contributed by atoms with Crippen LogP contribution in [0.15, 0.2) is 18.2 Å². The molecular formula is C17H28N2O2. The van der Waals surface area contributed by atoms with Crippen LogP contribution in [0.25, 0.3) is 0 Å². The third-order valence-corrected chi connectivity index (χ3v) is 4.21. The van der Waals surface area contributed by atoms with Crippen LogP contribution in [-0.2, 0) is 11.2 Å². The molecule has 1 aliphatic carbocycles. The van der Waals surface area contributed by atoms with Crippen molar-refractivity contribution in [3.05, 3.63) is 29.3 Å². The van der Waals surface area contributed by atoms with Gasteiger partial charge >= 0.3 is 0 Å². The van der Waals surface area contributed by atoms with E-state index >= 15 is 0 Å². The molecule has 0 spiro atoms. The van der Waals surface area contributed by atoms with Gasteiger partial charge in [0, 0.05) is 32.3 Å². The van der Waals surface area contributed by atoms with Gasteiger partial charge in [-0.1, -0.05) is 19.9 Å². The zero-order chi connectivity index (χ0) is 15.4. The van der Waals surface area contributed by atoms with E-state index in [1.807, 2.05) is 6.07 Å². The predicted octanol–water partition coefficient (Wildman–Crippen LogP) is 2.22. The highest BCUT2D eigenvalue weighted by atomic mass is 16.5. The molecule has 0 saturated carbocycles. The average molecular weight is 292 g/mol. The number of nitrogens with two attached hydrogens (primary N) is 1. The van der Waals surface area contributed by atoms with Gasteiger partial charge in [-0.05, 0) is 35.6 Å². The highest BCUT2D eigenvalue weighted by Crippen LogP contribution is 2.35. The molecule has 0 heterocycles. The van der Waals surface area contributed by atoms with E-state index in [1.165, 1.54) is 11.1 Å². The van der Waals surface area contributed by atoms with Crippen LogP contribution in [0.2, 0.25) is 0 Å². The van der Waals surface area contributed by atoms with Crippen LogP contribution in [0.4, 0.5) is 0 Å². The first-order chi connectivity index (χ1) is 10.1. The molecule has 1 aromatic rings. The second-order valence-corrected chi connectivity index (χ2v) is 6.24. The van der Waals surface area contributed by atoms with Crippen molar-refractivity contribution < 1.29 is 9.47 Å². The van der Waals surface area contributed by atoms with Gasteiger partial charge in [0.1, 0.15) is 5.75 Å². The minimum absolute atomic E-state index is 0.0470. The molecule has 4 nitrogen and oxygen atoms in total. The Morgan fingerprint density at radius 2 is 2.10 bits per heavy atom. The summed E-state index contributed by atoms with van der Waals surface area (Å²) in [5.41, 5.74) is 9.10. The van der Waals surface area contributed by atoms with Crippen LogP contribution in [0, 0.1) is 5.92 Å². The summed E-state index contributed by atoms with van der Waals surface area (Å²) in [7, 11) is 3.45. The third kappa shape index (κ3) is 3.76. The first kappa shape index (κ1) is 16.3. The first-order valence-corrected chi connectivity index (χ1v) is 7.72. The molecule has 0 amide bonds. The molecule has 0 aliphatic heterocycles. The number of benzene rings is 1. The number of hydrogen-bond donors (Lipinski definition) is 1. The maximum atomic E-state index is 6.52. The summed E-state index contributed by atoms with van der Waals surface area (Å²) in [6, 6.07) is 6.66. The molecule has 0 fully saturated rings. The summed E-state index contributed by atoms with van der Waals surface area (Å²) in [6.07, 6.45) is 1.01. The lowest BCUT2D eigenvalue weighted by atomic mass is 10.1. The van der Waals surface area contributed by atoms with Crippen molar-refractivity contribution in [2.24, 2.45) is 11.7 Å². The van der Waals surface area contributed by atoms with Gasteiger partial charge in [0.15, 0.2) is 0 Å². The largest absolute Gasteiger partial charge is 0.497 e. The zero-order valence-electron chi connectivity index (χ0n) is 13.6. The topological polar surface area (TPSA) is 47.7 Å². The Morgan fingerprint density at radius 1 is 1.33 bits per heavy atom. The summed E-state index contributed by atoms with van der Waals surface area (Å²) < 4.78 is 10.6.